The topological polar surface area (TPSA) is 53.2 Å². The minimum absolute atomic E-state index is 0.0227. The first-order valence-electron chi connectivity index (χ1n) is 3.89. The summed E-state index contributed by atoms with van der Waals surface area (Å²) in [6.45, 7) is 0. The molecule has 62 valence electrons. The summed E-state index contributed by atoms with van der Waals surface area (Å²) in [5, 5.41) is 8.62. The van der Waals surface area contributed by atoms with Gasteiger partial charge in [-0.25, -0.2) is 0 Å². The van der Waals surface area contributed by atoms with Crippen molar-refractivity contribution in [2.45, 2.75) is 0 Å². The van der Waals surface area contributed by atoms with Crippen molar-refractivity contribution in [1.82, 2.24) is 0 Å². The summed E-state index contributed by atoms with van der Waals surface area (Å²) in [6, 6.07) is 2.01. The van der Waals surface area contributed by atoms with Gasteiger partial charge in [-0.05, 0) is 12.2 Å². The van der Waals surface area contributed by atoms with E-state index in [1.54, 1.807) is 18.2 Å². The molecule has 1 aliphatic heterocycles. The van der Waals surface area contributed by atoms with Crippen molar-refractivity contribution in [3.8, 4) is 6.07 Å². The van der Waals surface area contributed by atoms with Crippen molar-refractivity contribution in [3.63, 3.8) is 0 Å². The maximum Gasteiger partial charge on any atom is 0.170 e. The summed E-state index contributed by atoms with van der Waals surface area (Å²) in [5.74, 6) is -0.253. The highest BCUT2D eigenvalue weighted by molar-refractivity contribution is 6.18. The van der Waals surface area contributed by atoms with Crippen molar-refractivity contribution >= 4 is 11.5 Å². The molecule has 3 nitrogen and oxygen atoms in total. The van der Waals surface area contributed by atoms with E-state index in [-0.39, 0.29) is 11.7 Å². The molecule has 0 aromatic rings. The quantitative estimate of drug-likeness (QED) is 0.547. The smallest absolute Gasteiger partial charge is 0.170 e. The number of carbonyl (C=O) groups is 1. The fourth-order valence-electron chi connectivity index (χ4n) is 1.32. The van der Waals surface area contributed by atoms with Gasteiger partial charge in [0.25, 0.3) is 0 Å². The normalized spacial score (nSPS) is 24.5. The molecule has 0 fully saturated rings. The molecule has 0 saturated heterocycles. The number of fused-ring (bicyclic) bond motifs is 1. The maximum atomic E-state index is 11.3. The van der Waals surface area contributed by atoms with Crippen molar-refractivity contribution in [3.05, 3.63) is 36.1 Å². The third-order valence-electron chi connectivity index (χ3n) is 1.99. The molecule has 0 radical (unpaired) electrons. The number of ketones is 1. The van der Waals surface area contributed by atoms with Gasteiger partial charge in [0.1, 0.15) is 0 Å². The molecule has 13 heavy (non-hydrogen) atoms. The largest absolute Gasteiger partial charge is 0.294 e. The number of rotatable bonds is 0. The number of hydrogen-bond donors (Lipinski definition) is 0. The van der Waals surface area contributed by atoms with Gasteiger partial charge in [-0.2, -0.15) is 5.26 Å². The lowest BCUT2D eigenvalue weighted by molar-refractivity contribution is -0.115. The molecular formula is C10H6N2O. The van der Waals surface area contributed by atoms with Gasteiger partial charge >= 0.3 is 0 Å². The molecule has 0 amide bonds. The van der Waals surface area contributed by atoms with E-state index in [2.05, 4.69) is 4.99 Å². The van der Waals surface area contributed by atoms with Gasteiger partial charge in [-0.3, -0.25) is 9.79 Å². The lowest BCUT2D eigenvalue weighted by atomic mass is 9.90. The number of nitrogens with zero attached hydrogens (tertiary/aromatic N) is 2. The zero-order valence-electron chi connectivity index (χ0n) is 6.77. The van der Waals surface area contributed by atoms with Crippen LogP contribution in [0.4, 0.5) is 0 Å². The Morgan fingerprint density at radius 3 is 3.08 bits per heavy atom. The lowest BCUT2D eigenvalue weighted by Crippen LogP contribution is -2.23. The molecule has 0 aromatic carbocycles. The predicted octanol–water partition coefficient (Wildman–Crippen LogP) is 1.16. The third kappa shape index (κ3) is 1.23. The summed E-state index contributed by atoms with van der Waals surface area (Å²) in [4.78, 5) is 15.3. The third-order valence-corrected chi connectivity index (χ3v) is 1.99. The molecule has 0 spiro atoms. The van der Waals surface area contributed by atoms with E-state index in [1.807, 2.05) is 6.07 Å². The van der Waals surface area contributed by atoms with Gasteiger partial charge in [0.2, 0.25) is 0 Å². The van der Waals surface area contributed by atoms with Crippen LogP contribution in [0.5, 0.6) is 0 Å². The van der Waals surface area contributed by atoms with Crippen LogP contribution in [0.1, 0.15) is 0 Å². The van der Waals surface area contributed by atoms with Gasteiger partial charge in [0.05, 0.1) is 23.3 Å². The highest BCUT2D eigenvalue weighted by Crippen LogP contribution is 2.18. The van der Waals surface area contributed by atoms with Crippen LogP contribution in [-0.4, -0.2) is 11.5 Å². The monoisotopic (exact) mass is 170 g/mol. The molecule has 0 aromatic heterocycles. The van der Waals surface area contributed by atoms with Crippen molar-refractivity contribution in [1.29, 1.82) is 5.26 Å². The fourth-order valence-corrected chi connectivity index (χ4v) is 1.32. The zero-order chi connectivity index (χ0) is 9.26. The standard InChI is InChI=1S/C10H6N2O/c11-6-7-1-2-8-9(5-7)12-4-3-10(8)13/h1-5,8H. The van der Waals surface area contributed by atoms with Crippen molar-refractivity contribution in [2.75, 3.05) is 0 Å². The Bertz CT molecular complexity index is 419. The molecule has 0 N–H and O–H groups in total. The molecule has 0 saturated carbocycles. The summed E-state index contributed by atoms with van der Waals surface area (Å²) < 4.78 is 0. The van der Waals surface area contributed by atoms with Crippen LogP contribution in [0.15, 0.2) is 41.1 Å². The molecule has 0 bridgehead atoms. The second-order valence-electron chi connectivity index (χ2n) is 2.82. The van der Waals surface area contributed by atoms with Crippen LogP contribution in [0.3, 0.4) is 0 Å². The number of hydrogen-bond acceptors (Lipinski definition) is 3. The highest BCUT2D eigenvalue weighted by atomic mass is 16.1. The predicted molar refractivity (Wildman–Crippen MR) is 47.9 cm³/mol. The van der Waals surface area contributed by atoms with E-state index in [0.29, 0.717) is 11.3 Å². The Morgan fingerprint density at radius 2 is 2.31 bits per heavy atom. The van der Waals surface area contributed by atoms with Gasteiger partial charge in [-0.15, -0.1) is 0 Å². The molecule has 3 heteroatoms. The van der Waals surface area contributed by atoms with Gasteiger partial charge in [0, 0.05) is 12.3 Å². The highest BCUT2D eigenvalue weighted by Gasteiger charge is 2.23. The first-order valence-corrected chi connectivity index (χ1v) is 3.89. The van der Waals surface area contributed by atoms with E-state index in [4.69, 9.17) is 5.26 Å². The first kappa shape index (κ1) is 7.69. The van der Waals surface area contributed by atoms with Crippen LogP contribution in [0.2, 0.25) is 0 Å². The summed E-state index contributed by atoms with van der Waals surface area (Å²) >= 11 is 0. The van der Waals surface area contributed by atoms with Gasteiger partial charge in [-0.1, -0.05) is 6.08 Å². The molecule has 2 aliphatic rings. The molecule has 1 unspecified atom stereocenters. The molecule has 2 rings (SSSR count). The molecule has 1 atom stereocenters. The SMILES string of the molecule is N#CC1=CC2=NC=CC(=O)C2C=C1. The van der Waals surface area contributed by atoms with E-state index in [1.165, 1.54) is 12.3 Å². The van der Waals surface area contributed by atoms with Crippen LogP contribution in [0.25, 0.3) is 0 Å². The Balaban J connectivity index is 2.43. The Hall–Kier alpha value is -1.95. The zero-order valence-corrected chi connectivity index (χ0v) is 6.77. The van der Waals surface area contributed by atoms with Crippen LogP contribution in [0, 0.1) is 17.2 Å². The molecular weight excluding hydrogens is 164 g/mol. The van der Waals surface area contributed by atoms with E-state index in [0.717, 1.165) is 0 Å². The van der Waals surface area contributed by atoms with E-state index >= 15 is 0 Å². The maximum absolute atomic E-state index is 11.3. The summed E-state index contributed by atoms with van der Waals surface area (Å²) in [5.41, 5.74) is 1.20. The Labute approximate surface area is 75.4 Å². The van der Waals surface area contributed by atoms with E-state index in [9.17, 15) is 4.79 Å². The molecule has 1 aliphatic carbocycles. The summed E-state index contributed by atoms with van der Waals surface area (Å²) in [7, 11) is 0. The van der Waals surface area contributed by atoms with Crippen LogP contribution < -0.4 is 0 Å². The average molecular weight is 170 g/mol. The van der Waals surface area contributed by atoms with Crippen molar-refractivity contribution in [2.24, 2.45) is 10.9 Å². The fraction of sp³-hybridized carbons (Fsp3) is 0.100. The number of allylic oxidation sites excluding steroid dienone is 5. The summed E-state index contributed by atoms with van der Waals surface area (Å²) in [6.07, 6.45) is 7.93. The second kappa shape index (κ2) is 2.83. The number of aliphatic imine (C=N–C) groups is 1. The minimum Gasteiger partial charge on any atom is -0.294 e. The number of carbonyl (C=O) groups excluding carboxylic acids is 1. The van der Waals surface area contributed by atoms with Crippen LogP contribution >= 0.6 is 0 Å². The Morgan fingerprint density at radius 1 is 1.46 bits per heavy atom. The lowest BCUT2D eigenvalue weighted by Gasteiger charge is -2.15. The van der Waals surface area contributed by atoms with Crippen LogP contribution in [-0.2, 0) is 4.79 Å². The minimum atomic E-state index is -0.276. The Kier molecular flexibility index (Phi) is 1.67. The second-order valence-corrected chi connectivity index (χ2v) is 2.82. The first-order chi connectivity index (χ1) is 6.31. The average Bonchev–Trinajstić information content (AvgIpc) is 2.18. The molecule has 1 heterocycles. The van der Waals surface area contributed by atoms with Crippen molar-refractivity contribution < 1.29 is 4.79 Å². The van der Waals surface area contributed by atoms with Gasteiger partial charge < -0.3 is 0 Å². The number of nitriles is 1. The van der Waals surface area contributed by atoms with Gasteiger partial charge in [0.15, 0.2) is 5.78 Å². The van der Waals surface area contributed by atoms with E-state index < -0.39 is 0 Å².